The molecule has 0 bridgehead atoms. The minimum Gasteiger partial charge on any atom is -0.508 e. The van der Waals surface area contributed by atoms with Crippen LogP contribution in [0.15, 0.2) is 66.7 Å². The van der Waals surface area contributed by atoms with Crippen LogP contribution in [0.5, 0.6) is 5.75 Å². The number of carbonyl (C=O) groups is 1. The molecule has 0 saturated carbocycles. The monoisotopic (exact) mass is 291 g/mol. The van der Waals surface area contributed by atoms with Gasteiger partial charge in [0.2, 0.25) is 0 Å². The third-order valence-corrected chi connectivity index (χ3v) is 3.63. The van der Waals surface area contributed by atoms with Crippen LogP contribution in [0.3, 0.4) is 0 Å². The van der Waals surface area contributed by atoms with E-state index in [1.54, 1.807) is 6.07 Å². The van der Waals surface area contributed by atoms with Gasteiger partial charge in [-0.3, -0.25) is 4.79 Å². The molecule has 0 aliphatic heterocycles. The summed E-state index contributed by atoms with van der Waals surface area (Å²) < 4.78 is 0. The van der Waals surface area contributed by atoms with E-state index >= 15 is 0 Å². The number of phenols is 1. The average molecular weight is 291 g/mol. The molecule has 0 spiro atoms. The van der Waals surface area contributed by atoms with E-state index < -0.39 is 0 Å². The Morgan fingerprint density at radius 3 is 2.50 bits per heavy atom. The van der Waals surface area contributed by atoms with Gasteiger partial charge in [-0.15, -0.1) is 0 Å². The number of hydrogen-bond donors (Lipinski definition) is 2. The lowest BCUT2D eigenvalue weighted by atomic mass is 10.0. The lowest BCUT2D eigenvalue weighted by Gasteiger charge is -2.09. The predicted molar refractivity (Wildman–Crippen MR) is 88.1 cm³/mol. The zero-order valence-corrected chi connectivity index (χ0v) is 12.1. The molecule has 0 radical (unpaired) electrons. The SMILES string of the molecule is O=C(NCCc1ccccc1)c1cc(O)cc2ccccc12. The standard InChI is InChI=1S/C19H17NO2/c21-16-12-15-8-4-5-9-17(15)18(13-16)19(22)20-11-10-14-6-2-1-3-7-14/h1-9,12-13,21H,10-11H2,(H,20,22). The lowest BCUT2D eigenvalue weighted by Crippen LogP contribution is -2.25. The molecule has 3 nitrogen and oxygen atoms in total. The van der Waals surface area contributed by atoms with Crippen molar-refractivity contribution in [3.8, 4) is 5.75 Å². The summed E-state index contributed by atoms with van der Waals surface area (Å²) in [5.74, 6) is -0.0602. The molecule has 3 heteroatoms. The normalized spacial score (nSPS) is 10.5. The third kappa shape index (κ3) is 3.09. The highest BCUT2D eigenvalue weighted by molar-refractivity contribution is 6.07. The summed E-state index contributed by atoms with van der Waals surface area (Å²) in [5, 5.41) is 14.4. The highest BCUT2D eigenvalue weighted by Crippen LogP contribution is 2.24. The zero-order chi connectivity index (χ0) is 15.4. The van der Waals surface area contributed by atoms with Gasteiger partial charge >= 0.3 is 0 Å². The Morgan fingerprint density at radius 1 is 0.955 bits per heavy atom. The zero-order valence-electron chi connectivity index (χ0n) is 12.1. The second-order valence-electron chi connectivity index (χ2n) is 5.21. The largest absolute Gasteiger partial charge is 0.508 e. The minimum absolute atomic E-state index is 0.104. The smallest absolute Gasteiger partial charge is 0.252 e. The fourth-order valence-corrected chi connectivity index (χ4v) is 2.54. The van der Waals surface area contributed by atoms with Crippen LogP contribution in [-0.2, 0) is 6.42 Å². The molecule has 2 N–H and O–H groups in total. The van der Waals surface area contributed by atoms with Crippen LogP contribution in [-0.4, -0.2) is 17.6 Å². The first kappa shape index (κ1) is 14.1. The predicted octanol–water partition coefficient (Wildman–Crippen LogP) is 3.52. The van der Waals surface area contributed by atoms with Gasteiger partial charge in [-0.2, -0.15) is 0 Å². The molecule has 0 atom stereocenters. The van der Waals surface area contributed by atoms with E-state index in [9.17, 15) is 9.90 Å². The maximum atomic E-state index is 12.4. The molecule has 0 heterocycles. The first-order valence-corrected chi connectivity index (χ1v) is 7.28. The van der Waals surface area contributed by atoms with Crippen molar-refractivity contribution in [1.29, 1.82) is 0 Å². The van der Waals surface area contributed by atoms with E-state index in [0.717, 1.165) is 17.2 Å². The summed E-state index contributed by atoms with van der Waals surface area (Å²) in [6.07, 6.45) is 0.781. The molecule has 0 saturated heterocycles. The summed E-state index contributed by atoms with van der Waals surface area (Å²) >= 11 is 0. The first-order valence-electron chi connectivity index (χ1n) is 7.28. The molecule has 3 aromatic rings. The van der Waals surface area contributed by atoms with Gasteiger partial charge in [-0.25, -0.2) is 0 Å². The number of aromatic hydroxyl groups is 1. The van der Waals surface area contributed by atoms with Crippen molar-refractivity contribution in [2.75, 3.05) is 6.54 Å². The lowest BCUT2D eigenvalue weighted by molar-refractivity contribution is 0.0955. The van der Waals surface area contributed by atoms with Crippen molar-refractivity contribution >= 4 is 16.7 Å². The van der Waals surface area contributed by atoms with E-state index in [-0.39, 0.29) is 11.7 Å². The Balaban J connectivity index is 1.75. The van der Waals surface area contributed by atoms with Gasteiger partial charge in [0, 0.05) is 6.54 Å². The summed E-state index contributed by atoms with van der Waals surface area (Å²) in [5.41, 5.74) is 1.69. The van der Waals surface area contributed by atoms with Crippen LogP contribution in [0, 0.1) is 0 Å². The van der Waals surface area contributed by atoms with Crippen LogP contribution in [0.4, 0.5) is 0 Å². The fraction of sp³-hybridized carbons (Fsp3) is 0.105. The van der Waals surface area contributed by atoms with E-state index in [1.165, 1.54) is 11.6 Å². The Labute approximate surface area is 129 Å². The van der Waals surface area contributed by atoms with Crippen LogP contribution < -0.4 is 5.32 Å². The van der Waals surface area contributed by atoms with Crippen molar-refractivity contribution < 1.29 is 9.90 Å². The maximum absolute atomic E-state index is 12.4. The van der Waals surface area contributed by atoms with Crippen LogP contribution >= 0.6 is 0 Å². The topological polar surface area (TPSA) is 49.3 Å². The van der Waals surface area contributed by atoms with Gasteiger partial charge in [0.1, 0.15) is 5.75 Å². The van der Waals surface area contributed by atoms with Gasteiger partial charge in [0.15, 0.2) is 0 Å². The number of phenolic OH excluding ortho intramolecular Hbond substituents is 1. The summed E-state index contributed by atoms with van der Waals surface area (Å²) in [6.45, 7) is 0.562. The van der Waals surface area contributed by atoms with Crippen LogP contribution in [0.2, 0.25) is 0 Å². The van der Waals surface area contributed by atoms with Crippen molar-refractivity contribution in [2.24, 2.45) is 0 Å². The highest BCUT2D eigenvalue weighted by Gasteiger charge is 2.11. The minimum atomic E-state index is -0.164. The Hall–Kier alpha value is -2.81. The number of benzene rings is 3. The Bertz CT molecular complexity index is 797. The number of rotatable bonds is 4. The Kier molecular flexibility index (Phi) is 4.05. The van der Waals surface area contributed by atoms with Crippen molar-refractivity contribution in [2.45, 2.75) is 6.42 Å². The van der Waals surface area contributed by atoms with Crippen molar-refractivity contribution in [3.05, 3.63) is 77.9 Å². The molecule has 0 fully saturated rings. The van der Waals surface area contributed by atoms with Gasteiger partial charge in [-0.05, 0) is 34.9 Å². The Morgan fingerprint density at radius 2 is 1.68 bits per heavy atom. The van der Waals surface area contributed by atoms with Gasteiger partial charge < -0.3 is 10.4 Å². The quantitative estimate of drug-likeness (QED) is 0.772. The average Bonchev–Trinajstić information content (AvgIpc) is 2.55. The molecule has 22 heavy (non-hydrogen) atoms. The number of hydrogen-bond acceptors (Lipinski definition) is 2. The number of fused-ring (bicyclic) bond motifs is 1. The van der Waals surface area contributed by atoms with Crippen LogP contribution in [0.25, 0.3) is 10.8 Å². The highest BCUT2D eigenvalue weighted by atomic mass is 16.3. The molecule has 0 unspecified atom stereocenters. The van der Waals surface area contributed by atoms with E-state index in [1.807, 2.05) is 54.6 Å². The molecule has 3 aromatic carbocycles. The molecule has 1 amide bonds. The van der Waals surface area contributed by atoms with Gasteiger partial charge in [0.25, 0.3) is 5.91 Å². The molecule has 0 aliphatic rings. The fourth-order valence-electron chi connectivity index (χ4n) is 2.54. The second kappa shape index (κ2) is 6.31. The molecule has 3 rings (SSSR count). The molecule has 110 valence electrons. The van der Waals surface area contributed by atoms with Crippen molar-refractivity contribution in [1.82, 2.24) is 5.32 Å². The number of nitrogens with one attached hydrogen (secondary N) is 1. The van der Waals surface area contributed by atoms with E-state index in [2.05, 4.69) is 5.32 Å². The summed E-state index contributed by atoms with van der Waals surface area (Å²) in [4.78, 5) is 12.4. The summed E-state index contributed by atoms with van der Waals surface area (Å²) in [6, 6.07) is 20.7. The number of amides is 1. The van der Waals surface area contributed by atoms with E-state index in [4.69, 9.17) is 0 Å². The molecule has 0 aliphatic carbocycles. The molecule has 0 aromatic heterocycles. The van der Waals surface area contributed by atoms with E-state index in [0.29, 0.717) is 12.1 Å². The van der Waals surface area contributed by atoms with Crippen molar-refractivity contribution in [3.63, 3.8) is 0 Å². The van der Waals surface area contributed by atoms with Gasteiger partial charge in [0.05, 0.1) is 5.56 Å². The summed E-state index contributed by atoms with van der Waals surface area (Å²) in [7, 11) is 0. The second-order valence-corrected chi connectivity index (χ2v) is 5.21. The first-order chi connectivity index (χ1) is 10.7. The maximum Gasteiger partial charge on any atom is 0.252 e. The van der Waals surface area contributed by atoms with Crippen LogP contribution in [0.1, 0.15) is 15.9 Å². The van der Waals surface area contributed by atoms with Gasteiger partial charge in [-0.1, -0.05) is 54.6 Å². The third-order valence-electron chi connectivity index (χ3n) is 3.63. The molecular formula is C19H17NO2. The number of carbonyl (C=O) groups excluding carboxylic acids is 1. The molecular weight excluding hydrogens is 274 g/mol.